The highest BCUT2D eigenvalue weighted by molar-refractivity contribution is 6.04. The van der Waals surface area contributed by atoms with Gasteiger partial charge in [-0.05, 0) is 67.1 Å². The van der Waals surface area contributed by atoms with Crippen LogP contribution in [-0.2, 0) is 7.05 Å². The van der Waals surface area contributed by atoms with Crippen molar-refractivity contribution in [2.45, 2.75) is 31.8 Å². The molecule has 34 heavy (non-hydrogen) atoms. The van der Waals surface area contributed by atoms with E-state index in [1.165, 1.54) is 18.4 Å². The van der Waals surface area contributed by atoms with Crippen LogP contribution in [0.1, 0.15) is 53.3 Å². The highest BCUT2D eigenvalue weighted by atomic mass is 16.5. The van der Waals surface area contributed by atoms with Gasteiger partial charge in [-0.25, -0.2) is 4.98 Å². The van der Waals surface area contributed by atoms with E-state index in [1.807, 2.05) is 68.7 Å². The highest BCUT2D eigenvalue weighted by Crippen LogP contribution is 2.40. The maximum absolute atomic E-state index is 12.8. The van der Waals surface area contributed by atoms with Crippen molar-refractivity contribution in [2.24, 2.45) is 7.05 Å². The van der Waals surface area contributed by atoms with E-state index in [2.05, 4.69) is 21.5 Å². The van der Waals surface area contributed by atoms with Gasteiger partial charge < -0.3 is 15.8 Å². The third kappa shape index (κ3) is 4.78. The third-order valence-corrected chi connectivity index (χ3v) is 6.04. The lowest BCUT2D eigenvalue weighted by molar-refractivity contribution is 0.102. The van der Waals surface area contributed by atoms with E-state index in [0.29, 0.717) is 28.7 Å². The molecule has 3 N–H and O–H groups in total. The van der Waals surface area contributed by atoms with Crippen LogP contribution in [0, 0.1) is 0 Å². The maximum atomic E-state index is 12.8. The van der Waals surface area contributed by atoms with Crippen LogP contribution in [0.5, 0.6) is 5.75 Å². The van der Waals surface area contributed by atoms with Crippen molar-refractivity contribution in [3.63, 3.8) is 0 Å². The minimum absolute atomic E-state index is 0.120. The van der Waals surface area contributed by atoms with Gasteiger partial charge >= 0.3 is 0 Å². The zero-order chi connectivity index (χ0) is 23.7. The summed E-state index contributed by atoms with van der Waals surface area (Å²) >= 11 is 0. The predicted molar refractivity (Wildman–Crippen MR) is 133 cm³/mol. The number of anilines is 2. The smallest absolute Gasteiger partial charge is 0.255 e. The first-order chi connectivity index (χ1) is 16.5. The summed E-state index contributed by atoms with van der Waals surface area (Å²) in [7, 11) is 1.86. The first-order valence-electron chi connectivity index (χ1n) is 11.4. The molecule has 172 valence electrons. The van der Waals surface area contributed by atoms with Crippen LogP contribution in [0.15, 0.2) is 73.2 Å². The number of pyridine rings is 1. The van der Waals surface area contributed by atoms with Crippen molar-refractivity contribution in [2.75, 3.05) is 11.1 Å². The Balaban J connectivity index is 1.30. The van der Waals surface area contributed by atoms with Gasteiger partial charge in [0.2, 0.25) is 0 Å². The number of hydrogen-bond donors (Lipinski definition) is 2. The number of nitrogens with one attached hydrogen (secondary N) is 1. The Hall–Kier alpha value is -4.13. The number of nitrogens with two attached hydrogens (primary N) is 1. The number of benzene rings is 2. The van der Waals surface area contributed by atoms with E-state index in [1.54, 1.807) is 17.1 Å². The van der Waals surface area contributed by atoms with E-state index in [4.69, 9.17) is 10.5 Å². The Morgan fingerprint density at radius 2 is 1.94 bits per heavy atom. The van der Waals surface area contributed by atoms with Crippen LogP contribution < -0.4 is 15.8 Å². The Labute approximate surface area is 198 Å². The molecule has 1 aliphatic rings. The lowest BCUT2D eigenvalue weighted by Crippen LogP contribution is -2.13. The predicted octanol–water partition coefficient (Wildman–Crippen LogP) is 5.33. The molecule has 2 aromatic carbocycles. The second kappa shape index (κ2) is 9.02. The lowest BCUT2D eigenvalue weighted by Gasteiger charge is -2.17. The molecular weight excluding hydrogens is 426 g/mol. The Kier molecular flexibility index (Phi) is 5.76. The quantitative estimate of drug-likeness (QED) is 0.394. The largest absolute Gasteiger partial charge is 0.482 e. The van der Waals surface area contributed by atoms with Gasteiger partial charge in [0.05, 0.1) is 6.20 Å². The zero-order valence-corrected chi connectivity index (χ0v) is 19.2. The number of ether oxygens (including phenoxy) is 1. The van der Waals surface area contributed by atoms with Gasteiger partial charge in [0.15, 0.2) is 11.6 Å². The van der Waals surface area contributed by atoms with Gasteiger partial charge in [-0.3, -0.25) is 9.48 Å². The fourth-order valence-electron chi connectivity index (χ4n) is 3.96. The van der Waals surface area contributed by atoms with Gasteiger partial charge in [-0.15, -0.1) is 0 Å². The third-order valence-electron chi connectivity index (χ3n) is 6.04. The molecule has 0 saturated heterocycles. The number of aryl methyl sites for hydroxylation is 1. The molecule has 5 rings (SSSR count). The number of nitrogen functional groups attached to an aromatic ring is 1. The average Bonchev–Trinajstić information content (AvgIpc) is 3.61. The minimum Gasteiger partial charge on any atom is -0.482 e. The van der Waals surface area contributed by atoms with E-state index in [-0.39, 0.29) is 12.0 Å². The molecule has 1 saturated carbocycles. The van der Waals surface area contributed by atoms with Crippen molar-refractivity contribution in [3.05, 3.63) is 89.9 Å². The summed E-state index contributed by atoms with van der Waals surface area (Å²) in [6.07, 6.45) is 7.49. The van der Waals surface area contributed by atoms with Crippen LogP contribution in [0.4, 0.5) is 11.5 Å². The van der Waals surface area contributed by atoms with Crippen molar-refractivity contribution in [1.82, 2.24) is 14.8 Å². The van der Waals surface area contributed by atoms with Crippen LogP contribution in [0.3, 0.4) is 0 Å². The van der Waals surface area contributed by atoms with E-state index < -0.39 is 0 Å². The molecule has 2 aromatic heterocycles. The molecule has 1 aliphatic carbocycles. The summed E-state index contributed by atoms with van der Waals surface area (Å²) in [5.41, 5.74) is 11.4. The van der Waals surface area contributed by atoms with Crippen molar-refractivity contribution < 1.29 is 9.53 Å². The summed E-state index contributed by atoms with van der Waals surface area (Å²) in [6.45, 7) is 1.94. The normalized spacial score (nSPS) is 13.9. The molecule has 1 atom stereocenters. The van der Waals surface area contributed by atoms with Crippen LogP contribution in [-0.4, -0.2) is 20.7 Å². The number of aromatic nitrogens is 3. The second-order valence-electron chi connectivity index (χ2n) is 8.75. The summed E-state index contributed by atoms with van der Waals surface area (Å²) < 4.78 is 7.90. The molecule has 0 radical (unpaired) electrons. The Morgan fingerprint density at radius 3 is 2.71 bits per heavy atom. The van der Waals surface area contributed by atoms with E-state index in [9.17, 15) is 4.79 Å². The van der Waals surface area contributed by atoms with Gasteiger partial charge in [0.1, 0.15) is 6.10 Å². The molecule has 0 aliphatic heterocycles. The fraction of sp³-hybridized carbons (Fsp3) is 0.222. The molecule has 1 fully saturated rings. The van der Waals surface area contributed by atoms with Gasteiger partial charge in [-0.2, -0.15) is 5.10 Å². The molecule has 1 amide bonds. The van der Waals surface area contributed by atoms with Gasteiger partial charge in [0.25, 0.3) is 5.91 Å². The van der Waals surface area contributed by atoms with E-state index in [0.717, 1.165) is 16.7 Å². The molecule has 0 bridgehead atoms. The first kappa shape index (κ1) is 21.7. The Bertz CT molecular complexity index is 1340. The van der Waals surface area contributed by atoms with Crippen LogP contribution in [0.25, 0.3) is 11.1 Å². The standard InChI is InChI=1S/C27H27N5O2/c1-17(34-25-13-22(14-29-26(25)28)23-15-30-32(2)16-23)19-5-4-8-24(12-19)31-27(33)21-7-3-6-20(11-21)18-9-10-18/h3-8,11-18H,9-10H2,1-2H3,(H2,28,29)(H,31,33)/t17-/m1/s1. The molecular formula is C27H27N5O2. The summed E-state index contributed by atoms with van der Waals surface area (Å²) in [4.78, 5) is 17.1. The van der Waals surface area contributed by atoms with Gasteiger partial charge in [-0.1, -0.05) is 24.3 Å². The van der Waals surface area contributed by atoms with Crippen molar-refractivity contribution >= 4 is 17.4 Å². The molecule has 0 spiro atoms. The number of rotatable bonds is 7. The highest BCUT2D eigenvalue weighted by Gasteiger charge is 2.24. The number of hydrogen-bond acceptors (Lipinski definition) is 5. The molecule has 2 heterocycles. The fourth-order valence-corrected chi connectivity index (χ4v) is 3.96. The average molecular weight is 454 g/mol. The number of carbonyl (C=O) groups excluding carboxylic acids is 1. The first-order valence-corrected chi connectivity index (χ1v) is 11.4. The number of amides is 1. The number of nitrogens with zero attached hydrogens (tertiary/aromatic N) is 3. The summed E-state index contributed by atoms with van der Waals surface area (Å²) in [5, 5.41) is 7.21. The lowest BCUT2D eigenvalue weighted by atomic mass is 10.1. The molecule has 4 aromatic rings. The number of carbonyl (C=O) groups is 1. The molecule has 7 heteroatoms. The topological polar surface area (TPSA) is 95.1 Å². The second-order valence-corrected chi connectivity index (χ2v) is 8.75. The van der Waals surface area contributed by atoms with Gasteiger partial charge in [0, 0.05) is 41.8 Å². The minimum atomic E-state index is -0.303. The SMILES string of the molecule is C[C@@H](Oc1cc(-c2cnn(C)c2)cnc1N)c1cccc(NC(=O)c2cccc(C3CC3)c2)c1. The van der Waals surface area contributed by atoms with E-state index >= 15 is 0 Å². The monoisotopic (exact) mass is 453 g/mol. The summed E-state index contributed by atoms with van der Waals surface area (Å²) in [6, 6.07) is 17.4. The molecule has 7 nitrogen and oxygen atoms in total. The molecule has 0 unspecified atom stereocenters. The van der Waals surface area contributed by atoms with Crippen molar-refractivity contribution in [1.29, 1.82) is 0 Å². The zero-order valence-electron chi connectivity index (χ0n) is 19.2. The maximum Gasteiger partial charge on any atom is 0.255 e. The Morgan fingerprint density at radius 1 is 1.12 bits per heavy atom. The summed E-state index contributed by atoms with van der Waals surface area (Å²) in [5.74, 6) is 1.30. The van der Waals surface area contributed by atoms with Crippen LogP contribution >= 0.6 is 0 Å². The van der Waals surface area contributed by atoms with Crippen molar-refractivity contribution in [3.8, 4) is 16.9 Å². The van der Waals surface area contributed by atoms with Crippen LogP contribution in [0.2, 0.25) is 0 Å².